The Hall–Kier alpha value is -1.75. The maximum Gasteiger partial charge on any atom is 0.335 e. The molecule has 4 nitrogen and oxygen atoms in total. The van der Waals surface area contributed by atoms with Gasteiger partial charge in [-0.25, -0.2) is 4.79 Å². The summed E-state index contributed by atoms with van der Waals surface area (Å²) in [6.07, 6.45) is 3.99. The van der Waals surface area contributed by atoms with Crippen molar-refractivity contribution in [3.05, 3.63) is 52.4 Å². The topological polar surface area (TPSA) is 53.7 Å². The number of nitrogens with zero attached hydrogens (tertiary/aromatic N) is 1. The fourth-order valence-corrected chi connectivity index (χ4v) is 2.85. The first-order valence-electron chi connectivity index (χ1n) is 6.47. The molecular formula is C15H14BrNO3. The first kappa shape index (κ1) is 13.2. The second kappa shape index (κ2) is 5.32. The molecule has 1 fully saturated rings. The van der Waals surface area contributed by atoms with Gasteiger partial charge in [0, 0.05) is 10.5 Å². The summed E-state index contributed by atoms with van der Waals surface area (Å²) >= 11 is 3.48. The third-order valence-corrected chi connectivity index (χ3v) is 4.03. The molecule has 0 unspecified atom stereocenters. The predicted molar refractivity (Wildman–Crippen MR) is 79.0 cm³/mol. The molecule has 1 heterocycles. The molecule has 1 aromatic carbocycles. The number of carboxylic acids is 1. The summed E-state index contributed by atoms with van der Waals surface area (Å²) in [4.78, 5) is 13.2. The second-order valence-electron chi connectivity index (χ2n) is 4.91. The lowest BCUT2D eigenvalue weighted by Gasteiger charge is -2.25. The van der Waals surface area contributed by atoms with Crippen molar-refractivity contribution < 1.29 is 14.3 Å². The standard InChI is InChI=1S/C15H14BrNO3/c16-13-8-10(15(18)19)3-6-14(13)17(11-4-5-11)9-12-2-1-7-20-12/h1-3,6-8,11H,4-5,9H2,(H,18,19). The number of hydrogen-bond acceptors (Lipinski definition) is 3. The molecule has 2 aromatic rings. The zero-order chi connectivity index (χ0) is 14.1. The zero-order valence-electron chi connectivity index (χ0n) is 10.8. The Morgan fingerprint density at radius 3 is 2.75 bits per heavy atom. The first-order valence-corrected chi connectivity index (χ1v) is 7.26. The SMILES string of the molecule is O=C(O)c1ccc(N(Cc2ccco2)C2CC2)c(Br)c1. The number of benzene rings is 1. The van der Waals surface area contributed by atoms with Crippen LogP contribution in [-0.4, -0.2) is 17.1 Å². The maximum atomic E-state index is 11.0. The fraction of sp³-hybridized carbons (Fsp3) is 0.267. The van der Waals surface area contributed by atoms with Crippen LogP contribution in [0, 0.1) is 0 Å². The van der Waals surface area contributed by atoms with Crippen molar-refractivity contribution in [3.8, 4) is 0 Å². The molecule has 5 heteroatoms. The Balaban J connectivity index is 1.89. The average molecular weight is 336 g/mol. The largest absolute Gasteiger partial charge is 0.478 e. The molecule has 0 spiro atoms. The number of anilines is 1. The molecule has 1 aromatic heterocycles. The third kappa shape index (κ3) is 2.72. The minimum atomic E-state index is -0.916. The van der Waals surface area contributed by atoms with Gasteiger partial charge in [-0.3, -0.25) is 0 Å². The van der Waals surface area contributed by atoms with E-state index in [1.165, 1.54) is 0 Å². The third-order valence-electron chi connectivity index (χ3n) is 3.40. The van der Waals surface area contributed by atoms with Crippen molar-refractivity contribution in [2.45, 2.75) is 25.4 Å². The Morgan fingerprint density at radius 1 is 1.40 bits per heavy atom. The molecule has 0 saturated heterocycles. The van der Waals surface area contributed by atoms with Crippen molar-refractivity contribution in [2.75, 3.05) is 4.90 Å². The highest BCUT2D eigenvalue weighted by Gasteiger charge is 2.31. The Kier molecular flexibility index (Phi) is 3.53. The quantitative estimate of drug-likeness (QED) is 0.899. The van der Waals surface area contributed by atoms with Crippen LogP contribution in [0.2, 0.25) is 0 Å². The van der Waals surface area contributed by atoms with Gasteiger partial charge in [0.2, 0.25) is 0 Å². The van der Waals surface area contributed by atoms with Gasteiger partial charge in [0.05, 0.1) is 24.1 Å². The number of hydrogen-bond donors (Lipinski definition) is 1. The molecule has 0 amide bonds. The highest BCUT2D eigenvalue weighted by atomic mass is 79.9. The minimum Gasteiger partial charge on any atom is -0.478 e. The summed E-state index contributed by atoms with van der Waals surface area (Å²) in [5.74, 6) is -0.00707. The summed E-state index contributed by atoms with van der Waals surface area (Å²) in [6.45, 7) is 0.697. The highest BCUT2D eigenvalue weighted by Crippen LogP contribution is 2.37. The van der Waals surface area contributed by atoms with Gasteiger partial charge in [0.15, 0.2) is 0 Å². The van der Waals surface area contributed by atoms with Crippen LogP contribution in [0.15, 0.2) is 45.5 Å². The normalized spacial score (nSPS) is 14.2. The van der Waals surface area contributed by atoms with Gasteiger partial charge < -0.3 is 14.4 Å². The van der Waals surface area contributed by atoms with Gasteiger partial charge in [-0.2, -0.15) is 0 Å². The zero-order valence-corrected chi connectivity index (χ0v) is 12.3. The predicted octanol–water partition coefficient (Wildman–Crippen LogP) is 3.91. The van der Waals surface area contributed by atoms with Gasteiger partial charge >= 0.3 is 5.97 Å². The van der Waals surface area contributed by atoms with E-state index in [2.05, 4.69) is 20.8 Å². The molecule has 1 aliphatic rings. The number of furan rings is 1. The van der Waals surface area contributed by atoms with E-state index in [1.54, 1.807) is 18.4 Å². The number of carboxylic acid groups (broad SMARTS) is 1. The molecular weight excluding hydrogens is 322 g/mol. The lowest BCUT2D eigenvalue weighted by atomic mass is 10.2. The van der Waals surface area contributed by atoms with Crippen molar-refractivity contribution in [1.29, 1.82) is 0 Å². The van der Waals surface area contributed by atoms with Crippen LogP contribution in [0.4, 0.5) is 5.69 Å². The smallest absolute Gasteiger partial charge is 0.335 e. The molecule has 1 saturated carbocycles. The molecule has 1 aliphatic carbocycles. The molecule has 104 valence electrons. The minimum absolute atomic E-state index is 0.286. The Labute approximate surface area is 125 Å². The van der Waals surface area contributed by atoms with Gasteiger partial charge in [-0.15, -0.1) is 0 Å². The van der Waals surface area contributed by atoms with Crippen molar-refractivity contribution >= 4 is 27.6 Å². The number of rotatable bonds is 5. The first-order chi connectivity index (χ1) is 9.65. The van der Waals surface area contributed by atoms with Crippen LogP contribution in [0.25, 0.3) is 0 Å². The van der Waals surface area contributed by atoms with Crippen LogP contribution in [-0.2, 0) is 6.54 Å². The number of carbonyl (C=O) groups is 1. The van der Waals surface area contributed by atoms with Crippen LogP contribution < -0.4 is 4.90 Å². The fourth-order valence-electron chi connectivity index (χ4n) is 2.24. The van der Waals surface area contributed by atoms with Gasteiger partial charge in [0.1, 0.15) is 5.76 Å². The van der Waals surface area contributed by atoms with Gasteiger partial charge in [0.25, 0.3) is 0 Å². The lowest BCUT2D eigenvalue weighted by molar-refractivity contribution is 0.0697. The van der Waals surface area contributed by atoms with Crippen LogP contribution in [0.5, 0.6) is 0 Å². The number of halogens is 1. The van der Waals surface area contributed by atoms with E-state index in [0.717, 1.165) is 28.8 Å². The van der Waals surface area contributed by atoms with E-state index < -0.39 is 5.97 Å². The summed E-state index contributed by atoms with van der Waals surface area (Å²) in [5, 5.41) is 9.02. The molecule has 0 radical (unpaired) electrons. The van der Waals surface area contributed by atoms with Gasteiger partial charge in [-0.05, 0) is 59.1 Å². The van der Waals surface area contributed by atoms with Crippen LogP contribution in [0.3, 0.4) is 0 Å². The van der Waals surface area contributed by atoms with Crippen molar-refractivity contribution in [3.63, 3.8) is 0 Å². The number of aromatic carboxylic acids is 1. The Morgan fingerprint density at radius 2 is 2.20 bits per heavy atom. The molecule has 3 rings (SSSR count). The van der Waals surface area contributed by atoms with E-state index >= 15 is 0 Å². The molecule has 0 bridgehead atoms. The van der Waals surface area contributed by atoms with Crippen molar-refractivity contribution in [2.24, 2.45) is 0 Å². The van der Waals surface area contributed by atoms with E-state index in [0.29, 0.717) is 12.6 Å². The van der Waals surface area contributed by atoms with Gasteiger partial charge in [-0.1, -0.05) is 0 Å². The second-order valence-corrected chi connectivity index (χ2v) is 5.76. The van der Waals surface area contributed by atoms with Crippen molar-refractivity contribution in [1.82, 2.24) is 0 Å². The van der Waals surface area contributed by atoms with E-state index in [-0.39, 0.29) is 5.56 Å². The molecule has 1 N–H and O–H groups in total. The molecule has 20 heavy (non-hydrogen) atoms. The maximum absolute atomic E-state index is 11.0. The molecule has 0 aliphatic heterocycles. The van der Waals surface area contributed by atoms with Crippen LogP contribution >= 0.6 is 15.9 Å². The average Bonchev–Trinajstić information content (AvgIpc) is 3.14. The summed E-state index contributed by atoms with van der Waals surface area (Å²) in [5.41, 5.74) is 1.29. The van der Waals surface area contributed by atoms with E-state index in [1.807, 2.05) is 18.2 Å². The Bertz CT molecular complexity index is 620. The summed E-state index contributed by atoms with van der Waals surface area (Å²) < 4.78 is 6.22. The summed E-state index contributed by atoms with van der Waals surface area (Å²) in [7, 11) is 0. The monoisotopic (exact) mass is 335 g/mol. The lowest BCUT2D eigenvalue weighted by Crippen LogP contribution is -2.25. The molecule has 0 atom stereocenters. The van der Waals surface area contributed by atoms with Crippen LogP contribution in [0.1, 0.15) is 29.0 Å². The van der Waals surface area contributed by atoms with E-state index in [4.69, 9.17) is 9.52 Å². The summed E-state index contributed by atoms with van der Waals surface area (Å²) in [6, 6.07) is 9.48. The van der Waals surface area contributed by atoms with E-state index in [9.17, 15) is 4.79 Å². The highest BCUT2D eigenvalue weighted by molar-refractivity contribution is 9.10.